The molecule has 5 heteroatoms. The highest BCUT2D eigenvalue weighted by Crippen LogP contribution is 2.12. The number of hydrogen-bond acceptors (Lipinski definition) is 4. The molecule has 1 N–H and O–H groups in total. The van der Waals surface area contributed by atoms with Gasteiger partial charge < -0.3 is 5.32 Å². The van der Waals surface area contributed by atoms with Crippen LogP contribution < -0.4 is 5.32 Å². The van der Waals surface area contributed by atoms with Gasteiger partial charge in [0, 0.05) is 35.8 Å². The summed E-state index contributed by atoms with van der Waals surface area (Å²) in [6.07, 6.45) is 0. The molecule has 1 saturated heterocycles. The van der Waals surface area contributed by atoms with Crippen molar-refractivity contribution in [1.82, 2.24) is 4.90 Å². The van der Waals surface area contributed by atoms with E-state index in [1.54, 1.807) is 24.3 Å². The Balaban J connectivity index is 1.90. The summed E-state index contributed by atoms with van der Waals surface area (Å²) in [7, 11) is 0. The van der Waals surface area contributed by atoms with Gasteiger partial charge in [-0.15, -0.1) is 0 Å². The van der Waals surface area contributed by atoms with Crippen LogP contribution in [0.5, 0.6) is 0 Å². The molecule has 1 heterocycles. The summed E-state index contributed by atoms with van der Waals surface area (Å²) >= 11 is 1.92. The van der Waals surface area contributed by atoms with Gasteiger partial charge >= 0.3 is 0 Å². The van der Waals surface area contributed by atoms with Crippen LogP contribution >= 0.6 is 11.8 Å². The molecule has 4 nitrogen and oxygen atoms in total. The molecule has 1 aliphatic rings. The van der Waals surface area contributed by atoms with E-state index in [0.717, 1.165) is 24.6 Å². The third-order valence-electron chi connectivity index (χ3n) is 3.02. The molecule has 19 heavy (non-hydrogen) atoms. The highest BCUT2D eigenvalue weighted by atomic mass is 32.2. The van der Waals surface area contributed by atoms with Crippen LogP contribution in [0.1, 0.15) is 17.3 Å². The fourth-order valence-corrected chi connectivity index (χ4v) is 2.96. The van der Waals surface area contributed by atoms with Crippen molar-refractivity contribution in [3.63, 3.8) is 0 Å². The standard InChI is InChI=1S/C14H18N2O2S/c1-11(17)12-3-2-4-13(9-12)15-14(18)10-16-5-7-19-8-6-16/h2-4,9H,5-8,10H2,1H3,(H,15,18). The normalized spacial score (nSPS) is 16.1. The molecule has 0 unspecified atom stereocenters. The first-order valence-electron chi connectivity index (χ1n) is 6.36. The quantitative estimate of drug-likeness (QED) is 0.854. The number of carbonyl (C=O) groups is 2. The van der Waals surface area contributed by atoms with Crippen molar-refractivity contribution in [3.8, 4) is 0 Å². The van der Waals surface area contributed by atoms with Crippen molar-refractivity contribution >= 4 is 29.1 Å². The van der Waals surface area contributed by atoms with Crippen LogP contribution in [-0.2, 0) is 4.79 Å². The van der Waals surface area contributed by atoms with Crippen molar-refractivity contribution in [2.75, 3.05) is 36.5 Å². The molecule has 1 aromatic rings. The molecule has 0 saturated carbocycles. The Hall–Kier alpha value is -1.33. The Bertz CT molecular complexity index is 470. The van der Waals surface area contributed by atoms with E-state index >= 15 is 0 Å². The molecule has 0 atom stereocenters. The molecule has 0 radical (unpaired) electrons. The van der Waals surface area contributed by atoms with Gasteiger partial charge in [0.15, 0.2) is 5.78 Å². The smallest absolute Gasteiger partial charge is 0.238 e. The van der Waals surface area contributed by atoms with Gasteiger partial charge in [-0.2, -0.15) is 11.8 Å². The third kappa shape index (κ3) is 4.36. The van der Waals surface area contributed by atoms with E-state index in [2.05, 4.69) is 10.2 Å². The second kappa shape index (κ2) is 6.73. The lowest BCUT2D eigenvalue weighted by Gasteiger charge is -2.25. The third-order valence-corrected chi connectivity index (χ3v) is 3.97. The van der Waals surface area contributed by atoms with Crippen LogP contribution in [0.2, 0.25) is 0 Å². The van der Waals surface area contributed by atoms with E-state index in [-0.39, 0.29) is 11.7 Å². The molecular formula is C14H18N2O2S. The summed E-state index contributed by atoms with van der Waals surface area (Å²) in [5.74, 6) is 2.16. The lowest BCUT2D eigenvalue weighted by Crippen LogP contribution is -2.38. The van der Waals surface area contributed by atoms with E-state index in [9.17, 15) is 9.59 Å². The van der Waals surface area contributed by atoms with E-state index in [4.69, 9.17) is 0 Å². The van der Waals surface area contributed by atoms with E-state index < -0.39 is 0 Å². The maximum atomic E-state index is 11.9. The Kier molecular flexibility index (Phi) is 4.99. The number of ketones is 1. The average molecular weight is 278 g/mol. The Morgan fingerprint density at radius 1 is 1.32 bits per heavy atom. The minimum atomic E-state index is -0.0207. The van der Waals surface area contributed by atoms with Crippen LogP contribution in [0.3, 0.4) is 0 Å². The number of nitrogens with zero attached hydrogens (tertiary/aromatic N) is 1. The van der Waals surface area contributed by atoms with Gasteiger partial charge in [0.05, 0.1) is 6.54 Å². The van der Waals surface area contributed by atoms with Crippen molar-refractivity contribution in [2.24, 2.45) is 0 Å². The first-order valence-corrected chi connectivity index (χ1v) is 7.51. The Morgan fingerprint density at radius 3 is 2.74 bits per heavy atom. The number of hydrogen-bond donors (Lipinski definition) is 1. The van der Waals surface area contributed by atoms with Gasteiger partial charge in [-0.05, 0) is 19.1 Å². The molecule has 0 aliphatic carbocycles. The zero-order valence-electron chi connectivity index (χ0n) is 11.0. The van der Waals surface area contributed by atoms with Gasteiger partial charge in [-0.25, -0.2) is 0 Å². The number of Topliss-reactive ketones (excluding diaryl/α,β-unsaturated/α-hetero) is 1. The van der Waals surface area contributed by atoms with E-state index in [0.29, 0.717) is 17.8 Å². The van der Waals surface area contributed by atoms with Gasteiger partial charge in [0.1, 0.15) is 0 Å². The van der Waals surface area contributed by atoms with Crippen LogP contribution in [0.4, 0.5) is 5.69 Å². The monoisotopic (exact) mass is 278 g/mol. The molecular weight excluding hydrogens is 260 g/mol. The molecule has 1 aliphatic heterocycles. The number of carbonyl (C=O) groups excluding carboxylic acids is 2. The largest absolute Gasteiger partial charge is 0.325 e. The second-order valence-electron chi connectivity index (χ2n) is 4.57. The summed E-state index contributed by atoms with van der Waals surface area (Å²) in [4.78, 5) is 25.3. The number of benzene rings is 1. The lowest BCUT2D eigenvalue weighted by molar-refractivity contribution is -0.117. The van der Waals surface area contributed by atoms with Gasteiger partial charge in [-0.1, -0.05) is 12.1 Å². The minimum Gasteiger partial charge on any atom is -0.325 e. The molecule has 2 rings (SSSR count). The number of amides is 1. The fourth-order valence-electron chi connectivity index (χ4n) is 1.98. The summed E-state index contributed by atoms with van der Waals surface area (Å²) in [6.45, 7) is 3.87. The van der Waals surface area contributed by atoms with Gasteiger partial charge in [-0.3, -0.25) is 14.5 Å². The summed E-state index contributed by atoms with van der Waals surface area (Å²) in [5, 5.41) is 2.84. The first kappa shape index (κ1) is 14.1. The number of rotatable bonds is 4. The highest BCUT2D eigenvalue weighted by Gasteiger charge is 2.14. The first-order chi connectivity index (χ1) is 9.15. The predicted molar refractivity (Wildman–Crippen MR) is 78.8 cm³/mol. The highest BCUT2D eigenvalue weighted by molar-refractivity contribution is 7.99. The van der Waals surface area contributed by atoms with Crippen molar-refractivity contribution in [2.45, 2.75) is 6.92 Å². The summed E-state index contributed by atoms with van der Waals surface area (Å²) < 4.78 is 0. The van der Waals surface area contributed by atoms with Crippen LogP contribution in [0.15, 0.2) is 24.3 Å². The fraction of sp³-hybridized carbons (Fsp3) is 0.429. The molecule has 0 bridgehead atoms. The van der Waals surface area contributed by atoms with Gasteiger partial charge in [0.25, 0.3) is 0 Å². The SMILES string of the molecule is CC(=O)c1cccc(NC(=O)CN2CCSCC2)c1. The molecule has 0 aromatic heterocycles. The predicted octanol–water partition coefficient (Wildman–Crippen LogP) is 1.88. The topological polar surface area (TPSA) is 49.4 Å². The van der Waals surface area contributed by atoms with Crippen LogP contribution in [0, 0.1) is 0 Å². The maximum Gasteiger partial charge on any atom is 0.238 e. The van der Waals surface area contributed by atoms with Crippen molar-refractivity contribution in [3.05, 3.63) is 29.8 Å². The van der Waals surface area contributed by atoms with E-state index in [1.807, 2.05) is 11.8 Å². The van der Waals surface area contributed by atoms with E-state index in [1.165, 1.54) is 6.92 Å². The Morgan fingerprint density at radius 2 is 2.05 bits per heavy atom. The minimum absolute atomic E-state index is 0.00385. The molecule has 1 fully saturated rings. The van der Waals surface area contributed by atoms with Crippen molar-refractivity contribution < 1.29 is 9.59 Å². The number of thioether (sulfide) groups is 1. The average Bonchev–Trinajstić information content (AvgIpc) is 2.40. The number of anilines is 1. The molecule has 102 valence electrons. The maximum absolute atomic E-state index is 11.9. The van der Waals surface area contributed by atoms with Crippen LogP contribution in [0.25, 0.3) is 0 Å². The van der Waals surface area contributed by atoms with Crippen molar-refractivity contribution in [1.29, 1.82) is 0 Å². The molecule has 0 spiro atoms. The van der Waals surface area contributed by atoms with Gasteiger partial charge in [0.2, 0.25) is 5.91 Å². The molecule has 1 aromatic carbocycles. The Labute approximate surface area is 117 Å². The zero-order valence-corrected chi connectivity index (χ0v) is 11.8. The second-order valence-corrected chi connectivity index (χ2v) is 5.80. The zero-order chi connectivity index (χ0) is 13.7. The lowest BCUT2D eigenvalue weighted by atomic mass is 10.1. The summed E-state index contributed by atoms with van der Waals surface area (Å²) in [5.41, 5.74) is 1.30. The molecule has 1 amide bonds. The summed E-state index contributed by atoms with van der Waals surface area (Å²) in [6, 6.07) is 7.05. The van der Waals surface area contributed by atoms with Crippen LogP contribution in [-0.4, -0.2) is 47.7 Å². The number of nitrogens with one attached hydrogen (secondary N) is 1.